The number of hydrogen-bond donors (Lipinski definition) is 3. The fourth-order valence-corrected chi connectivity index (χ4v) is 11.2. The molecule has 180 valence electrons. The molecule has 0 aromatic heterocycles. The van der Waals surface area contributed by atoms with Crippen molar-refractivity contribution in [1.82, 2.24) is 4.90 Å². The molecular weight excluding hydrogens is 414 g/mol. The molecule has 2 aliphatic heterocycles. The van der Waals surface area contributed by atoms with Crippen LogP contribution in [0.1, 0.15) is 39.5 Å². The van der Waals surface area contributed by atoms with Crippen molar-refractivity contribution in [3.05, 3.63) is 0 Å². The van der Waals surface area contributed by atoms with Gasteiger partial charge in [0.1, 0.15) is 18.0 Å². The third-order valence-electron chi connectivity index (χ3n) is 11.7. The second-order valence-electron chi connectivity index (χ2n) is 12.1. The fourth-order valence-electron chi connectivity index (χ4n) is 11.2. The van der Waals surface area contributed by atoms with Crippen LogP contribution in [-0.4, -0.2) is 102 Å². The molecule has 8 heteroatoms. The predicted molar refractivity (Wildman–Crippen MR) is 112 cm³/mol. The Morgan fingerprint density at radius 3 is 2.56 bits per heavy atom. The van der Waals surface area contributed by atoms with Crippen molar-refractivity contribution in [1.29, 1.82) is 0 Å². The molecule has 0 aromatic rings. The lowest BCUT2D eigenvalue weighted by atomic mass is 9.41. The maximum atomic E-state index is 13.0. The fraction of sp³-hybridized carbons (Fsp3) is 1.00. The van der Waals surface area contributed by atoms with Gasteiger partial charge in [-0.05, 0) is 31.2 Å². The van der Waals surface area contributed by atoms with Crippen LogP contribution >= 0.6 is 0 Å². The van der Waals surface area contributed by atoms with Crippen LogP contribution in [-0.2, 0) is 18.9 Å². The van der Waals surface area contributed by atoms with Crippen LogP contribution in [0.2, 0.25) is 0 Å². The van der Waals surface area contributed by atoms with Crippen LogP contribution in [0, 0.1) is 28.6 Å². The van der Waals surface area contributed by atoms with Crippen LogP contribution in [0.5, 0.6) is 0 Å². The summed E-state index contributed by atoms with van der Waals surface area (Å²) in [6, 6.07) is -0.247. The highest BCUT2D eigenvalue weighted by Gasteiger charge is 2.96. The summed E-state index contributed by atoms with van der Waals surface area (Å²) < 4.78 is 25.2. The summed E-state index contributed by atoms with van der Waals surface area (Å²) in [5.41, 5.74) is -4.21. The van der Waals surface area contributed by atoms with E-state index < -0.39 is 40.3 Å². The van der Waals surface area contributed by atoms with E-state index in [1.807, 2.05) is 0 Å². The van der Waals surface area contributed by atoms with E-state index in [0.717, 1.165) is 25.9 Å². The van der Waals surface area contributed by atoms with Crippen LogP contribution < -0.4 is 0 Å². The highest BCUT2D eigenvalue weighted by atomic mass is 16.7. The number of aliphatic hydroxyl groups excluding tert-OH is 2. The first-order valence-corrected chi connectivity index (χ1v) is 12.4. The van der Waals surface area contributed by atoms with Crippen LogP contribution in [0.4, 0.5) is 0 Å². The Morgan fingerprint density at radius 2 is 1.88 bits per heavy atom. The smallest absolute Gasteiger partial charge is 0.148 e. The molecule has 5 saturated carbocycles. The first-order chi connectivity index (χ1) is 15.2. The summed E-state index contributed by atoms with van der Waals surface area (Å²) >= 11 is 0. The summed E-state index contributed by atoms with van der Waals surface area (Å²) in [6.45, 7) is 6.13. The first kappa shape index (κ1) is 21.0. The molecule has 2 saturated heterocycles. The van der Waals surface area contributed by atoms with E-state index in [1.54, 1.807) is 14.2 Å². The molecule has 0 radical (unpaired) electrons. The second-order valence-corrected chi connectivity index (χ2v) is 12.1. The van der Waals surface area contributed by atoms with Gasteiger partial charge in [0.25, 0.3) is 0 Å². The SMILES string of the molecule is CCN1C[C@]2(C)CC[C@H](OC)[C@]34C2[C@H](O)[C@@]2(OCO[C@@]25C[C@H](OC)[C@H]2C[C@]3(O)C5[C@H]2O)C14. The van der Waals surface area contributed by atoms with Gasteiger partial charge in [-0.2, -0.15) is 0 Å². The number of hydrogen-bond acceptors (Lipinski definition) is 8. The maximum Gasteiger partial charge on any atom is 0.148 e. The number of methoxy groups -OCH3 is 2. The normalized spacial score (nSPS) is 66.5. The number of aliphatic hydroxyl groups is 3. The summed E-state index contributed by atoms with van der Waals surface area (Å²) in [5.74, 6) is -0.904. The lowest BCUT2D eigenvalue weighted by Crippen LogP contribution is -2.85. The van der Waals surface area contributed by atoms with E-state index in [4.69, 9.17) is 18.9 Å². The number of likely N-dealkylation sites (tertiary alicyclic amines) is 1. The Bertz CT molecular complexity index is 858. The Hall–Kier alpha value is -0.320. The Labute approximate surface area is 189 Å². The third-order valence-corrected chi connectivity index (χ3v) is 11.7. The first-order valence-electron chi connectivity index (χ1n) is 12.4. The van der Waals surface area contributed by atoms with E-state index in [2.05, 4.69) is 18.7 Å². The van der Waals surface area contributed by atoms with Crippen molar-refractivity contribution in [2.45, 2.75) is 86.8 Å². The minimum atomic E-state index is -1.25. The van der Waals surface area contributed by atoms with Gasteiger partial charge in [-0.1, -0.05) is 13.8 Å². The lowest BCUT2D eigenvalue weighted by Gasteiger charge is -2.71. The Kier molecular flexibility index (Phi) is 3.87. The Morgan fingerprint density at radius 1 is 1.09 bits per heavy atom. The highest BCUT2D eigenvalue weighted by molar-refractivity contribution is 5.46. The predicted octanol–water partition coefficient (Wildman–Crippen LogP) is 0.125. The average molecular weight is 452 g/mol. The molecule has 5 aliphatic carbocycles. The zero-order valence-electron chi connectivity index (χ0n) is 19.5. The molecule has 0 aromatic carbocycles. The summed E-state index contributed by atoms with van der Waals surface area (Å²) in [6.07, 6.45) is 0.630. The van der Waals surface area contributed by atoms with E-state index in [0.29, 0.717) is 12.8 Å². The summed E-state index contributed by atoms with van der Waals surface area (Å²) in [4.78, 5) is 2.43. The summed E-state index contributed by atoms with van der Waals surface area (Å²) in [7, 11) is 3.40. The highest BCUT2D eigenvalue weighted by Crippen LogP contribution is 2.83. The number of piperidine rings is 1. The molecule has 32 heavy (non-hydrogen) atoms. The molecular formula is C24H37NO7. The molecule has 13 atom stereocenters. The Balaban J connectivity index is 1.60. The monoisotopic (exact) mass is 451 g/mol. The quantitative estimate of drug-likeness (QED) is 0.557. The van der Waals surface area contributed by atoms with Crippen molar-refractivity contribution in [3.8, 4) is 0 Å². The molecule has 7 rings (SSSR count). The van der Waals surface area contributed by atoms with Gasteiger partial charge >= 0.3 is 0 Å². The number of fused-ring (bicyclic) bond motifs is 1. The second kappa shape index (κ2) is 5.90. The number of rotatable bonds is 3. The topological polar surface area (TPSA) is 101 Å². The van der Waals surface area contributed by atoms with Crippen molar-refractivity contribution in [2.75, 3.05) is 34.1 Å². The largest absolute Gasteiger partial charge is 0.392 e. The zero-order valence-corrected chi connectivity index (χ0v) is 19.5. The standard InChI is InChI=1S/C24H37NO7/c1-5-25-10-20(2)7-6-14(30-4)23-17(20)18(27)24(19(23)25)22(31-11-32-24)9-13(29-3)12-8-21(23,28)16(22)15(12)26/h12-19,26-28H,5-11H2,1-4H3/t12-,13+,14+,15+,16?,17?,18+,19?,20+,21+,22-,23-,24-/m1/s1. The minimum Gasteiger partial charge on any atom is -0.392 e. The maximum absolute atomic E-state index is 13.0. The van der Waals surface area contributed by atoms with Gasteiger partial charge in [-0.3, -0.25) is 4.90 Å². The van der Waals surface area contributed by atoms with Crippen LogP contribution in [0.3, 0.4) is 0 Å². The van der Waals surface area contributed by atoms with E-state index >= 15 is 0 Å². The number of ether oxygens (including phenoxy) is 4. The van der Waals surface area contributed by atoms with Crippen molar-refractivity contribution >= 4 is 0 Å². The average Bonchev–Trinajstić information content (AvgIpc) is 3.29. The van der Waals surface area contributed by atoms with E-state index in [9.17, 15) is 15.3 Å². The number of likely N-dealkylation sites (N-methyl/N-ethyl adjacent to an activating group) is 1. The molecule has 3 spiro atoms. The van der Waals surface area contributed by atoms with Gasteiger partial charge in [0, 0.05) is 44.9 Å². The summed E-state index contributed by atoms with van der Waals surface area (Å²) in [5, 5.41) is 37.0. The van der Waals surface area contributed by atoms with Crippen molar-refractivity contribution < 1.29 is 34.3 Å². The molecule has 2 heterocycles. The molecule has 0 amide bonds. The zero-order chi connectivity index (χ0) is 22.5. The van der Waals surface area contributed by atoms with Crippen LogP contribution in [0.15, 0.2) is 0 Å². The number of nitrogens with zero attached hydrogens (tertiary/aromatic N) is 1. The van der Waals surface area contributed by atoms with Gasteiger partial charge in [-0.25, -0.2) is 0 Å². The van der Waals surface area contributed by atoms with Crippen LogP contribution in [0.25, 0.3) is 0 Å². The van der Waals surface area contributed by atoms with Crippen molar-refractivity contribution in [2.24, 2.45) is 28.6 Å². The molecule has 3 N–H and O–H groups in total. The van der Waals surface area contributed by atoms with Gasteiger partial charge in [0.15, 0.2) is 0 Å². The van der Waals surface area contributed by atoms with Crippen molar-refractivity contribution in [3.63, 3.8) is 0 Å². The van der Waals surface area contributed by atoms with Gasteiger partial charge < -0.3 is 34.3 Å². The molecule has 7 aliphatic rings. The molecule has 7 fully saturated rings. The lowest BCUT2D eigenvalue weighted by molar-refractivity contribution is -0.331. The van der Waals surface area contributed by atoms with E-state index in [-0.39, 0.29) is 42.3 Å². The molecule has 7 bridgehead atoms. The van der Waals surface area contributed by atoms with E-state index in [1.165, 1.54) is 0 Å². The van der Waals surface area contributed by atoms with Gasteiger partial charge in [-0.15, -0.1) is 0 Å². The van der Waals surface area contributed by atoms with Gasteiger partial charge in [0.05, 0.1) is 41.5 Å². The molecule has 3 unspecified atom stereocenters. The third kappa shape index (κ3) is 1.68. The molecule has 8 nitrogen and oxygen atoms in total. The van der Waals surface area contributed by atoms with Gasteiger partial charge in [0.2, 0.25) is 0 Å². The minimum absolute atomic E-state index is 0.0582.